The first-order chi connectivity index (χ1) is 21.1. The number of nitrogens with zero attached hydrogens (tertiary/aromatic N) is 1. The third-order valence-corrected chi connectivity index (χ3v) is 6.69. The Labute approximate surface area is 264 Å². The van der Waals surface area contributed by atoms with Gasteiger partial charge in [0.25, 0.3) is 0 Å². The molecule has 0 spiro atoms. The van der Waals surface area contributed by atoms with E-state index in [0.29, 0.717) is 12.0 Å². The fourth-order valence-corrected chi connectivity index (χ4v) is 4.43. The van der Waals surface area contributed by atoms with E-state index in [1.807, 2.05) is 27.7 Å². The summed E-state index contributed by atoms with van der Waals surface area (Å²) in [4.78, 5) is 68.2. The summed E-state index contributed by atoms with van der Waals surface area (Å²) in [6.45, 7) is 6.81. The van der Waals surface area contributed by atoms with Crippen molar-refractivity contribution in [1.29, 1.82) is 0 Å². The highest BCUT2D eigenvalue weighted by molar-refractivity contribution is 5.95. The van der Waals surface area contributed by atoms with Crippen molar-refractivity contribution in [3.8, 4) is 0 Å². The molecule has 15 heteroatoms. The number of guanidine groups is 1. The number of aliphatic hydroxyl groups is 1. The van der Waals surface area contributed by atoms with Crippen molar-refractivity contribution in [2.24, 2.45) is 34.0 Å². The van der Waals surface area contributed by atoms with Crippen molar-refractivity contribution >= 4 is 35.6 Å². The molecule has 0 saturated carbocycles. The predicted octanol–water partition coefficient (Wildman–Crippen LogP) is -1.28. The molecule has 0 bridgehead atoms. The number of hydrogen-bond donors (Lipinski definition) is 9. The van der Waals surface area contributed by atoms with Gasteiger partial charge in [-0.3, -0.25) is 24.2 Å². The van der Waals surface area contributed by atoms with Crippen LogP contribution in [0.2, 0.25) is 0 Å². The van der Waals surface area contributed by atoms with E-state index in [1.165, 1.54) is 0 Å². The van der Waals surface area contributed by atoms with E-state index in [9.17, 15) is 34.2 Å². The standard InChI is InChI=1S/C30H50N8O7/c1-17(2)13-20(31)25(40)38-24(16-39)28(43)35-21(11-8-12-34-30(32)33)26(41)36-22(14-18(3)4)27(42)37-23(29(44)45)15-19-9-6-5-7-10-19/h5-7,9-10,17-18,20-24,39H,8,11-16,31H2,1-4H3,(H,35,43)(H,36,41)(H,37,42)(H,38,40)(H,44,45)(H4,32,33,34)/t20-,21-,22-,23-,24-/m0/s1. The molecule has 5 atom stereocenters. The molecule has 0 unspecified atom stereocenters. The number of nitrogens with one attached hydrogen (secondary N) is 4. The summed E-state index contributed by atoms with van der Waals surface area (Å²) in [5.74, 6) is -4.26. The van der Waals surface area contributed by atoms with Crippen LogP contribution in [0.4, 0.5) is 0 Å². The molecular formula is C30H50N8O7. The molecule has 15 nitrogen and oxygen atoms in total. The summed E-state index contributed by atoms with van der Waals surface area (Å²) in [5, 5.41) is 29.7. The second-order valence-corrected chi connectivity index (χ2v) is 11.8. The average molecular weight is 635 g/mol. The second kappa shape index (κ2) is 19.9. The minimum Gasteiger partial charge on any atom is -0.480 e. The Balaban J connectivity index is 3.13. The second-order valence-electron chi connectivity index (χ2n) is 11.8. The molecule has 0 fully saturated rings. The van der Waals surface area contributed by atoms with E-state index < -0.39 is 66.4 Å². The zero-order valence-electron chi connectivity index (χ0n) is 26.5. The number of aliphatic hydroxyl groups excluding tert-OH is 1. The Bertz CT molecular complexity index is 1140. The van der Waals surface area contributed by atoms with Crippen LogP contribution in [0.15, 0.2) is 35.3 Å². The summed E-state index contributed by atoms with van der Waals surface area (Å²) in [5.41, 5.74) is 17.4. The zero-order valence-corrected chi connectivity index (χ0v) is 26.5. The quantitative estimate of drug-likeness (QED) is 0.0466. The maximum atomic E-state index is 13.5. The lowest BCUT2D eigenvalue weighted by Gasteiger charge is -2.27. The summed E-state index contributed by atoms with van der Waals surface area (Å²) >= 11 is 0. The minimum atomic E-state index is -1.40. The molecular weight excluding hydrogens is 584 g/mol. The van der Waals surface area contributed by atoms with Crippen molar-refractivity contribution in [2.75, 3.05) is 13.2 Å². The number of benzene rings is 1. The Morgan fingerprint density at radius 2 is 1.27 bits per heavy atom. The minimum absolute atomic E-state index is 0.0306. The van der Waals surface area contributed by atoms with Crippen LogP contribution in [0, 0.1) is 11.8 Å². The number of nitrogens with two attached hydrogens (primary N) is 3. The van der Waals surface area contributed by atoms with Crippen molar-refractivity contribution in [1.82, 2.24) is 21.3 Å². The zero-order chi connectivity index (χ0) is 34.1. The first-order valence-electron chi connectivity index (χ1n) is 15.0. The molecule has 1 aromatic rings. The Morgan fingerprint density at radius 3 is 1.80 bits per heavy atom. The van der Waals surface area contributed by atoms with Crippen molar-refractivity contribution < 1.29 is 34.2 Å². The molecule has 4 amide bonds. The topological polar surface area (TPSA) is 264 Å². The van der Waals surface area contributed by atoms with Gasteiger partial charge in [0.05, 0.1) is 12.6 Å². The van der Waals surface area contributed by atoms with Crippen LogP contribution in [-0.2, 0) is 30.4 Å². The summed E-state index contributed by atoms with van der Waals surface area (Å²) in [7, 11) is 0. The number of hydrogen-bond acceptors (Lipinski definition) is 8. The van der Waals surface area contributed by atoms with Gasteiger partial charge in [0.1, 0.15) is 24.2 Å². The normalized spacial score (nSPS) is 14.4. The van der Waals surface area contributed by atoms with E-state index in [1.54, 1.807) is 30.3 Å². The lowest BCUT2D eigenvalue weighted by Crippen LogP contribution is -2.59. The molecule has 12 N–H and O–H groups in total. The number of rotatable bonds is 20. The number of carbonyl (C=O) groups is 5. The Morgan fingerprint density at radius 1 is 0.756 bits per heavy atom. The summed E-state index contributed by atoms with van der Waals surface area (Å²) in [6.07, 6.45) is 0.852. The maximum absolute atomic E-state index is 13.5. The maximum Gasteiger partial charge on any atom is 0.326 e. The molecule has 0 aromatic heterocycles. The summed E-state index contributed by atoms with van der Waals surface area (Å²) < 4.78 is 0. The van der Waals surface area contributed by atoms with Crippen LogP contribution in [0.5, 0.6) is 0 Å². The van der Waals surface area contributed by atoms with Crippen LogP contribution < -0.4 is 38.5 Å². The SMILES string of the molecule is CC(C)C[C@H](NC(=O)[C@H](CCCN=C(N)N)NC(=O)[C@H](CO)NC(=O)[C@@H](N)CC(C)C)C(=O)N[C@@H](Cc1ccccc1)C(=O)O. The molecule has 1 aromatic carbocycles. The van der Waals surface area contributed by atoms with Gasteiger partial charge in [-0.15, -0.1) is 0 Å². The lowest BCUT2D eigenvalue weighted by molar-refractivity contribution is -0.142. The van der Waals surface area contributed by atoms with Crippen LogP contribution in [0.1, 0.15) is 58.9 Å². The molecule has 252 valence electrons. The third kappa shape index (κ3) is 15.4. The Hall–Kier alpha value is -4.24. The summed E-state index contributed by atoms with van der Waals surface area (Å²) in [6, 6.07) is 2.88. The van der Waals surface area contributed by atoms with Crippen LogP contribution >= 0.6 is 0 Å². The van der Waals surface area contributed by atoms with E-state index in [2.05, 4.69) is 26.3 Å². The van der Waals surface area contributed by atoms with E-state index >= 15 is 0 Å². The third-order valence-electron chi connectivity index (χ3n) is 6.69. The molecule has 0 aliphatic rings. The van der Waals surface area contributed by atoms with Crippen molar-refractivity contribution in [3.63, 3.8) is 0 Å². The molecule has 0 aliphatic carbocycles. The fraction of sp³-hybridized carbons (Fsp3) is 0.600. The average Bonchev–Trinajstić information content (AvgIpc) is 2.96. The first-order valence-corrected chi connectivity index (χ1v) is 15.0. The molecule has 0 heterocycles. The van der Waals surface area contributed by atoms with Gasteiger partial charge < -0.3 is 48.7 Å². The van der Waals surface area contributed by atoms with Crippen LogP contribution in [0.3, 0.4) is 0 Å². The number of aliphatic imine (C=N–C) groups is 1. The number of amides is 4. The predicted molar refractivity (Wildman–Crippen MR) is 169 cm³/mol. The smallest absolute Gasteiger partial charge is 0.326 e. The van der Waals surface area contributed by atoms with E-state index in [-0.39, 0.29) is 50.0 Å². The highest BCUT2D eigenvalue weighted by atomic mass is 16.4. The van der Waals surface area contributed by atoms with E-state index in [4.69, 9.17) is 17.2 Å². The van der Waals surface area contributed by atoms with Crippen molar-refractivity contribution in [3.05, 3.63) is 35.9 Å². The van der Waals surface area contributed by atoms with Gasteiger partial charge in [0.15, 0.2) is 5.96 Å². The van der Waals surface area contributed by atoms with Crippen LogP contribution in [-0.4, -0.2) is 89.1 Å². The van der Waals surface area contributed by atoms with Gasteiger partial charge in [0.2, 0.25) is 23.6 Å². The van der Waals surface area contributed by atoms with Gasteiger partial charge in [0, 0.05) is 13.0 Å². The molecule has 0 saturated heterocycles. The van der Waals surface area contributed by atoms with Crippen LogP contribution in [0.25, 0.3) is 0 Å². The molecule has 0 radical (unpaired) electrons. The monoisotopic (exact) mass is 634 g/mol. The molecule has 0 aliphatic heterocycles. The Kier molecular flexibility index (Phi) is 17.2. The van der Waals surface area contributed by atoms with E-state index in [0.717, 1.165) is 0 Å². The van der Waals surface area contributed by atoms with Gasteiger partial charge >= 0.3 is 5.97 Å². The van der Waals surface area contributed by atoms with Crippen molar-refractivity contribution in [2.45, 2.75) is 90.0 Å². The highest BCUT2D eigenvalue weighted by Gasteiger charge is 2.32. The largest absolute Gasteiger partial charge is 0.480 e. The highest BCUT2D eigenvalue weighted by Crippen LogP contribution is 2.10. The lowest BCUT2D eigenvalue weighted by atomic mass is 10.0. The van der Waals surface area contributed by atoms with Gasteiger partial charge in [-0.1, -0.05) is 58.0 Å². The van der Waals surface area contributed by atoms with Gasteiger partial charge in [-0.25, -0.2) is 4.79 Å². The first kappa shape index (κ1) is 38.8. The number of aliphatic carboxylic acids is 1. The van der Waals surface area contributed by atoms with Gasteiger partial charge in [-0.2, -0.15) is 0 Å². The number of carboxylic acids is 1. The number of carbonyl (C=O) groups excluding carboxylic acids is 4. The molecule has 45 heavy (non-hydrogen) atoms. The number of carboxylic acid groups (broad SMARTS) is 1. The van der Waals surface area contributed by atoms with Gasteiger partial charge in [-0.05, 0) is 43.1 Å². The fourth-order valence-electron chi connectivity index (χ4n) is 4.43. The molecule has 1 rings (SSSR count).